The Bertz CT molecular complexity index is 774. The second kappa shape index (κ2) is 6.19. The van der Waals surface area contributed by atoms with E-state index < -0.39 is 0 Å². The van der Waals surface area contributed by atoms with Crippen LogP contribution in [0.15, 0.2) is 37.2 Å². The number of piperidine rings is 1. The van der Waals surface area contributed by atoms with Crippen molar-refractivity contribution in [3.05, 3.63) is 42.7 Å². The minimum Gasteiger partial charge on any atom is -0.339 e. The fourth-order valence-electron chi connectivity index (χ4n) is 3.70. The van der Waals surface area contributed by atoms with Crippen LogP contribution >= 0.6 is 0 Å². The number of nitrogens with zero attached hydrogens (tertiary/aromatic N) is 6. The number of likely N-dealkylation sites (tertiary alicyclic amines) is 1. The molecule has 0 saturated carbocycles. The minimum absolute atomic E-state index is 0.0523. The van der Waals surface area contributed by atoms with E-state index in [0.717, 1.165) is 12.1 Å². The van der Waals surface area contributed by atoms with Crippen LogP contribution < -0.4 is 4.90 Å². The molecular weight excluding hydrogens is 320 g/mol. The van der Waals surface area contributed by atoms with E-state index in [4.69, 9.17) is 0 Å². The maximum absolute atomic E-state index is 13.0. The maximum Gasteiger partial charge on any atom is 0.255 e. The fourth-order valence-corrected chi connectivity index (χ4v) is 3.70. The van der Waals surface area contributed by atoms with Gasteiger partial charge in [-0.05, 0) is 25.3 Å². The van der Waals surface area contributed by atoms with Gasteiger partial charge < -0.3 is 9.80 Å². The molecule has 2 aliphatic rings. The lowest BCUT2D eigenvalue weighted by atomic mass is 9.77. The highest BCUT2D eigenvalue weighted by Gasteiger charge is 2.49. The zero-order valence-electron chi connectivity index (χ0n) is 13.7. The fraction of sp³-hybridized carbons (Fsp3) is 0.412. The number of carbonyl (C=O) groups excluding carboxylic acids is 2. The van der Waals surface area contributed by atoms with Gasteiger partial charge >= 0.3 is 0 Å². The summed E-state index contributed by atoms with van der Waals surface area (Å²) in [5.74, 6) is 0.0727. The molecule has 2 aromatic heterocycles. The molecule has 4 rings (SSSR count). The summed E-state index contributed by atoms with van der Waals surface area (Å²) in [7, 11) is 0. The molecule has 2 aromatic rings. The lowest BCUT2D eigenvalue weighted by Gasteiger charge is -2.37. The monoisotopic (exact) mass is 338 g/mol. The number of hydrogen-bond donors (Lipinski definition) is 0. The lowest BCUT2D eigenvalue weighted by molar-refractivity contribution is -0.127. The van der Waals surface area contributed by atoms with Crippen LogP contribution in [0.3, 0.4) is 0 Å². The van der Waals surface area contributed by atoms with E-state index in [2.05, 4.69) is 20.2 Å². The second-order valence-electron chi connectivity index (χ2n) is 6.51. The molecule has 0 bridgehead atoms. The van der Waals surface area contributed by atoms with Gasteiger partial charge in [-0.25, -0.2) is 9.97 Å². The van der Waals surface area contributed by atoms with Gasteiger partial charge in [0.2, 0.25) is 5.91 Å². The van der Waals surface area contributed by atoms with Gasteiger partial charge in [-0.3, -0.25) is 9.59 Å². The summed E-state index contributed by atoms with van der Waals surface area (Å²) in [6, 6.07) is 1.66. The predicted molar refractivity (Wildman–Crippen MR) is 88.6 cm³/mol. The Morgan fingerprint density at radius 3 is 2.40 bits per heavy atom. The van der Waals surface area contributed by atoms with E-state index in [-0.39, 0.29) is 17.2 Å². The van der Waals surface area contributed by atoms with Crippen molar-refractivity contribution in [2.75, 3.05) is 24.5 Å². The number of amides is 2. The van der Waals surface area contributed by atoms with E-state index >= 15 is 0 Å². The largest absolute Gasteiger partial charge is 0.339 e. The zero-order chi connectivity index (χ0) is 17.3. The van der Waals surface area contributed by atoms with Crippen LogP contribution in [0.4, 0.5) is 5.69 Å². The molecular formula is C17H18N6O2. The van der Waals surface area contributed by atoms with E-state index in [1.807, 2.05) is 0 Å². The van der Waals surface area contributed by atoms with E-state index in [0.29, 0.717) is 38.0 Å². The Kier molecular flexibility index (Phi) is 3.87. The Hall–Kier alpha value is -2.90. The van der Waals surface area contributed by atoms with Crippen molar-refractivity contribution in [1.82, 2.24) is 25.1 Å². The van der Waals surface area contributed by atoms with Gasteiger partial charge in [0.05, 0.1) is 41.5 Å². The molecule has 0 aromatic carbocycles. The first-order valence-electron chi connectivity index (χ1n) is 8.33. The number of hydrogen-bond acceptors (Lipinski definition) is 6. The summed E-state index contributed by atoms with van der Waals surface area (Å²) >= 11 is 0. The minimum atomic E-state index is -0.372. The van der Waals surface area contributed by atoms with Gasteiger partial charge in [-0.2, -0.15) is 10.2 Å². The topological polar surface area (TPSA) is 92.2 Å². The SMILES string of the molecule is O=C(c1ccnnc1)N1CCC2(CC1)CCN(c1cncnc1)C2=O. The van der Waals surface area contributed by atoms with Crippen LogP contribution in [0.1, 0.15) is 29.6 Å². The van der Waals surface area contributed by atoms with Crippen LogP contribution in [-0.2, 0) is 4.79 Å². The molecule has 128 valence electrons. The molecule has 0 radical (unpaired) electrons. The van der Waals surface area contributed by atoms with Crippen molar-refractivity contribution in [2.45, 2.75) is 19.3 Å². The third-order valence-electron chi connectivity index (χ3n) is 5.21. The van der Waals surface area contributed by atoms with Gasteiger partial charge in [-0.15, -0.1) is 0 Å². The summed E-state index contributed by atoms with van der Waals surface area (Å²) in [5.41, 5.74) is 0.904. The molecule has 8 heteroatoms. The highest BCUT2D eigenvalue weighted by molar-refractivity contribution is 6.00. The average molecular weight is 338 g/mol. The van der Waals surface area contributed by atoms with Crippen LogP contribution in [0.2, 0.25) is 0 Å². The number of aromatic nitrogens is 4. The Morgan fingerprint density at radius 2 is 1.72 bits per heavy atom. The molecule has 2 amide bonds. The molecule has 0 atom stereocenters. The average Bonchev–Trinajstić information content (AvgIpc) is 2.99. The van der Waals surface area contributed by atoms with Gasteiger partial charge in [0.1, 0.15) is 6.33 Å². The van der Waals surface area contributed by atoms with E-state index in [1.165, 1.54) is 18.7 Å². The Balaban J connectivity index is 1.45. The van der Waals surface area contributed by atoms with E-state index in [1.54, 1.807) is 28.3 Å². The molecule has 2 saturated heterocycles. The number of anilines is 1. The molecule has 1 spiro atoms. The standard InChI is InChI=1S/C17H18N6O2/c24-15(13-1-5-20-21-9-13)22-6-2-17(3-7-22)4-8-23(16(17)25)14-10-18-12-19-11-14/h1,5,9-12H,2-4,6-8H2. The summed E-state index contributed by atoms with van der Waals surface area (Å²) in [5, 5.41) is 7.45. The van der Waals surface area contributed by atoms with Crippen molar-refractivity contribution in [3.8, 4) is 0 Å². The highest BCUT2D eigenvalue weighted by atomic mass is 16.2. The Labute approximate surface area is 144 Å². The molecule has 0 N–H and O–H groups in total. The van der Waals surface area contributed by atoms with Gasteiger partial charge in [0.25, 0.3) is 5.91 Å². The Morgan fingerprint density at radius 1 is 1.00 bits per heavy atom. The van der Waals surface area contributed by atoms with Crippen molar-refractivity contribution < 1.29 is 9.59 Å². The molecule has 2 aliphatic heterocycles. The molecule has 2 fully saturated rings. The van der Waals surface area contributed by atoms with Gasteiger partial charge in [-0.1, -0.05) is 0 Å². The summed E-state index contributed by atoms with van der Waals surface area (Å²) in [6.45, 7) is 1.83. The molecule has 25 heavy (non-hydrogen) atoms. The lowest BCUT2D eigenvalue weighted by Crippen LogP contribution is -2.46. The quantitative estimate of drug-likeness (QED) is 0.809. The van der Waals surface area contributed by atoms with Crippen LogP contribution in [0.5, 0.6) is 0 Å². The van der Waals surface area contributed by atoms with Crippen molar-refractivity contribution in [3.63, 3.8) is 0 Å². The smallest absolute Gasteiger partial charge is 0.255 e. The normalized spacial score (nSPS) is 19.4. The second-order valence-corrected chi connectivity index (χ2v) is 6.51. The van der Waals surface area contributed by atoms with Crippen molar-refractivity contribution in [2.24, 2.45) is 5.41 Å². The summed E-state index contributed by atoms with van der Waals surface area (Å²) in [4.78, 5) is 37.1. The van der Waals surface area contributed by atoms with Crippen molar-refractivity contribution >= 4 is 17.5 Å². The summed E-state index contributed by atoms with van der Waals surface area (Å²) in [6.07, 6.45) is 9.94. The third kappa shape index (κ3) is 2.73. The van der Waals surface area contributed by atoms with E-state index in [9.17, 15) is 9.59 Å². The van der Waals surface area contributed by atoms with Crippen molar-refractivity contribution in [1.29, 1.82) is 0 Å². The van der Waals surface area contributed by atoms with Gasteiger partial charge in [0.15, 0.2) is 0 Å². The van der Waals surface area contributed by atoms with Crippen LogP contribution in [0.25, 0.3) is 0 Å². The van der Waals surface area contributed by atoms with Crippen LogP contribution in [0, 0.1) is 5.41 Å². The maximum atomic E-state index is 13.0. The molecule has 0 unspecified atom stereocenters. The predicted octanol–water partition coefficient (Wildman–Crippen LogP) is 0.926. The third-order valence-corrected chi connectivity index (χ3v) is 5.21. The highest BCUT2D eigenvalue weighted by Crippen LogP contribution is 2.43. The first-order valence-corrected chi connectivity index (χ1v) is 8.33. The summed E-state index contributed by atoms with van der Waals surface area (Å²) < 4.78 is 0. The first-order chi connectivity index (χ1) is 12.2. The van der Waals surface area contributed by atoms with Gasteiger partial charge in [0, 0.05) is 19.6 Å². The molecule has 4 heterocycles. The number of rotatable bonds is 2. The first kappa shape index (κ1) is 15.6. The number of carbonyl (C=O) groups is 2. The zero-order valence-corrected chi connectivity index (χ0v) is 13.7. The molecule has 0 aliphatic carbocycles. The van der Waals surface area contributed by atoms with Crippen LogP contribution in [-0.4, -0.2) is 56.5 Å². The molecule has 8 nitrogen and oxygen atoms in total.